The number of rotatable bonds is 2. The molecule has 3 rings (SSSR count). The van der Waals surface area contributed by atoms with E-state index in [1.165, 1.54) is 0 Å². The summed E-state index contributed by atoms with van der Waals surface area (Å²) in [5.74, 6) is 0.793. The summed E-state index contributed by atoms with van der Waals surface area (Å²) in [4.78, 5) is 4.43. The highest BCUT2D eigenvalue weighted by Gasteiger charge is 2.16. The van der Waals surface area contributed by atoms with Crippen LogP contribution in [0.15, 0.2) is 18.3 Å². The normalized spacial score (nSPS) is 20.9. The quantitative estimate of drug-likeness (QED) is 0.863. The largest absolute Gasteiger partial charge is 0.375 e. The molecule has 0 bridgehead atoms. The molecular weight excluding hydrogens is 240 g/mol. The van der Waals surface area contributed by atoms with Crippen LogP contribution < -0.4 is 5.32 Å². The summed E-state index contributed by atoms with van der Waals surface area (Å²) in [6, 6.07) is 3.60. The Kier molecular flexibility index (Phi) is 2.96. The first-order valence-electron chi connectivity index (χ1n) is 5.64. The highest BCUT2D eigenvalue weighted by atomic mass is 35.5. The third-order valence-corrected chi connectivity index (χ3v) is 2.99. The van der Waals surface area contributed by atoms with E-state index in [1.807, 2.05) is 6.20 Å². The lowest BCUT2D eigenvalue weighted by molar-refractivity contribution is 0.0281. The lowest BCUT2D eigenvalue weighted by Crippen LogP contribution is -2.39. The average molecular weight is 253 g/mol. The Hall–Kier alpha value is -1.17. The van der Waals surface area contributed by atoms with E-state index in [-0.39, 0.29) is 6.10 Å². The van der Waals surface area contributed by atoms with Crippen molar-refractivity contribution in [3.63, 3.8) is 0 Å². The summed E-state index contributed by atoms with van der Waals surface area (Å²) in [5.41, 5.74) is 0.774. The maximum Gasteiger partial charge on any atom is 0.157 e. The number of nitrogens with one attached hydrogen (secondary N) is 1. The molecule has 1 unspecified atom stereocenters. The second-order valence-corrected chi connectivity index (χ2v) is 4.51. The van der Waals surface area contributed by atoms with Crippen molar-refractivity contribution in [3.8, 4) is 0 Å². The van der Waals surface area contributed by atoms with Gasteiger partial charge >= 0.3 is 0 Å². The molecule has 0 aromatic carbocycles. The summed E-state index contributed by atoms with van der Waals surface area (Å²) in [5, 5.41) is 8.35. The first kappa shape index (κ1) is 11.0. The number of aromatic nitrogens is 3. The minimum atomic E-state index is 0.164. The van der Waals surface area contributed by atoms with Gasteiger partial charge < -0.3 is 10.1 Å². The Bertz CT molecular complexity index is 521. The minimum Gasteiger partial charge on any atom is -0.375 e. The van der Waals surface area contributed by atoms with Gasteiger partial charge in [0.25, 0.3) is 0 Å². The van der Waals surface area contributed by atoms with E-state index < -0.39 is 0 Å². The molecule has 2 aromatic rings. The highest BCUT2D eigenvalue weighted by molar-refractivity contribution is 6.30. The molecule has 90 valence electrons. The molecule has 0 spiro atoms. The van der Waals surface area contributed by atoms with Crippen LogP contribution in [0.25, 0.3) is 5.65 Å². The Labute approximate surface area is 104 Å². The minimum absolute atomic E-state index is 0.164. The van der Waals surface area contributed by atoms with Crippen molar-refractivity contribution in [2.75, 3.05) is 19.7 Å². The standard InChI is InChI=1S/C11H13ClN4O/c12-8-1-3-16-11(5-8)14-10(15-16)6-9-7-13-2-4-17-9/h1,3,5,9,13H,2,4,6-7H2. The van der Waals surface area contributed by atoms with Gasteiger partial charge in [0.15, 0.2) is 11.5 Å². The van der Waals surface area contributed by atoms with Crippen LogP contribution in [-0.4, -0.2) is 40.4 Å². The summed E-state index contributed by atoms with van der Waals surface area (Å²) < 4.78 is 7.36. The van der Waals surface area contributed by atoms with Crippen LogP contribution in [0.5, 0.6) is 0 Å². The van der Waals surface area contributed by atoms with Crippen LogP contribution in [0.2, 0.25) is 5.02 Å². The molecule has 1 saturated heterocycles. The van der Waals surface area contributed by atoms with Gasteiger partial charge in [-0.3, -0.25) is 0 Å². The Morgan fingerprint density at radius 3 is 3.35 bits per heavy atom. The molecule has 1 atom stereocenters. The summed E-state index contributed by atoms with van der Waals surface area (Å²) in [6.07, 6.45) is 2.71. The van der Waals surface area contributed by atoms with E-state index in [2.05, 4.69) is 15.4 Å². The monoisotopic (exact) mass is 252 g/mol. The molecule has 1 aliphatic rings. The van der Waals surface area contributed by atoms with Crippen LogP contribution in [0.3, 0.4) is 0 Å². The van der Waals surface area contributed by atoms with Gasteiger partial charge in [-0.1, -0.05) is 11.6 Å². The van der Waals surface area contributed by atoms with Gasteiger partial charge in [-0.15, -0.1) is 0 Å². The molecule has 0 radical (unpaired) electrons. The number of halogens is 1. The molecule has 5 nitrogen and oxygen atoms in total. The molecule has 17 heavy (non-hydrogen) atoms. The number of hydrogen-bond acceptors (Lipinski definition) is 4. The van der Waals surface area contributed by atoms with Gasteiger partial charge in [0.05, 0.1) is 12.7 Å². The van der Waals surface area contributed by atoms with Gasteiger partial charge in [0.2, 0.25) is 0 Å². The summed E-state index contributed by atoms with van der Waals surface area (Å²) in [6.45, 7) is 2.53. The van der Waals surface area contributed by atoms with E-state index in [0.29, 0.717) is 5.02 Å². The van der Waals surface area contributed by atoms with E-state index in [9.17, 15) is 0 Å². The number of hydrogen-bond donors (Lipinski definition) is 1. The van der Waals surface area contributed by atoms with E-state index in [4.69, 9.17) is 16.3 Å². The topological polar surface area (TPSA) is 51.5 Å². The van der Waals surface area contributed by atoms with Gasteiger partial charge in [-0.2, -0.15) is 5.10 Å². The van der Waals surface area contributed by atoms with Crippen molar-refractivity contribution < 1.29 is 4.74 Å². The van der Waals surface area contributed by atoms with Gasteiger partial charge in [-0.25, -0.2) is 9.50 Å². The van der Waals surface area contributed by atoms with Crippen molar-refractivity contribution in [2.24, 2.45) is 0 Å². The first-order valence-corrected chi connectivity index (χ1v) is 6.02. The van der Waals surface area contributed by atoms with Crippen molar-refractivity contribution in [1.29, 1.82) is 0 Å². The number of fused-ring (bicyclic) bond motifs is 1. The van der Waals surface area contributed by atoms with Crippen molar-refractivity contribution >= 4 is 17.2 Å². The third-order valence-electron chi connectivity index (χ3n) is 2.76. The number of pyridine rings is 1. The molecule has 1 fully saturated rings. The fourth-order valence-electron chi connectivity index (χ4n) is 1.94. The predicted octanol–water partition coefficient (Wildman–Crippen LogP) is 0.914. The van der Waals surface area contributed by atoms with E-state index >= 15 is 0 Å². The van der Waals surface area contributed by atoms with E-state index in [1.54, 1.807) is 16.6 Å². The Morgan fingerprint density at radius 2 is 2.53 bits per heavy atom. The van der Waals surface area contributed by atoms with E-state index in [0.717, 1.165) is 37.6 Å². The smallest absolute Gasteiger partial charge is 0.157 e. The van der Waals surface area contributed by atoms with Crippen molar-refractivity contribution in [3.05, 3.63) is 29.2 Å². The fraction of sp³-hybridized carbons (Fsp3) is 0.455. The molecule has 0 saturated carbocycles. The van der Waals surface area contributed by atoms with Gasteiger partial charge in [-0.05, 0) is 6.07 Å². The van der Waals surface area contributed by atoms with Gasteiger partial charge in [0.1, 0.15) is 0 Å². The average Bonchev–Trinajstić information content (AvgIpc) is 2.71. The summed E-state index contributed by atoms with van der Waals surface area (Å²) in [7, 11) is 0. The van der Waals surface area contributed by atoms with Crippen LogP contribution in [0.4, 0.5) is 0 Å². The number of morpholine rings is 1. The van der Waals surface area contributed by atoms with Crippen molar-refractivity contribution in [1.82, 2.24) is 19.9 Å². The molecule has 0 amide bonds. The molecule has 2 aromatic heterocycles. The van der Waals surface area contributed by atoms with Crippen LogP contribution in [-0.2, 0) is 11.2 Å². The lowest BCUT2D eigenvalue weighted by atomic mass is 10.2. The molecular formula is C11H13ClN4O. The highest BCUT2D eigenvalue weighted by Crippen LogP contribution is 2.12. The zero-order chi connectivity index (χ0) is 11.7. The molecule has 6 heteroatoms. The first-order chi connectivity index (χ1) is 8.31. The van der Waals surface area contributed by atoms with Gasteiger partial charge in [0, 0.05) is 36.8 Å². The zero-order valence-corrected chi connectivity index (χ0v) is 10.0. The Balaban J connectivity index is 1.80. The molecule has 1 N–H and O–H groups in total. The van der Waals surface area contributed by atoms with Crippen LogP contribution in [0.1, 0.15) is 5.82 Å². The van der Waals surface area contributed by atoms with Crippen molar-refractivity contribution in [2.45, 2.75) is 12.5 Å². The maximum atomic E-state index is 5.90. The maximum absolute atomic E-state index is 5.90. The molecule has 0 aliphatic carbocycles. The second kappa shape index (κ2) is 4.60. The third kappa shape index (κ3) is 2.41. The Morgan fingerprint density at radius 1 is 1.59 bits per heavy atom. The van der Waals surface area contributed by atoms with Crippen LogP contribution >= 0.6 is 11.6 Å². The zero-order valence-electron chi connectivity index (χ0n) is 9.27. The molecule has 3 heterocycles. The predicted molar refractivity (Wildman–Crippen MR) is 64.3 cm³/mol. The lowest BCUT2D eigenvalue weighted by Gasteiger charge is -2.22. The second-order valence-electron chi connectivity index (χ2n) is 4.08. The summed E-state index contributed by atoms with van der Waals surface area (Å²) >= 11 is 5.90. The number of nitrogens with zero attached hydrogens (tertiary/aromatic N) is 3. The fourth-order valence-corrected chi connectivity index (χ4v) is 2.10. The number of ether oxygens (including phenoxy) is 1. The SMILES string of the molecule is Clc1ccn2nc(CC3CNCCO3)nc2c1. The van der Waals surface area contributed by atoms with Crippen LogP contribution in [0, 0.1) is 0 Å². The molecule has 1 aliphatic heterocycles.